The SMILES string of the molecule is CO[C@@]1(NC(=O)C(=S=O)c2cccs2)C(=O)N2C(C(=O)O)=C(CSc3nnc(CO)s3)CS[C@@H]21. The minimum atomic E-state index is -1.80. The van der Waals surface area contributed by atoms with Crippen LogP contribution in [0.1, 0.15) is 9.88 Å². The van der Waals surface area contributed by atoms with Gasteiger partial charge in [-0.3, -0.25) is 14.5 Å². The highest BCUT2D eigenvalue weighted by molar-refractivity contribution is 8.01. The van der Waals surface area contributed by atoms with Gasteiger partial charge in [0.25, 0.3) is 17.5 Å². The number of aromatic nitrogens is 2. The molecule has 11 nitrogen and oxygen atoms in total. The lowest BCUT2D eigenvalue weighted by atomic mass is 9.98. The van der Waals surface area contributed by atoms with Crippen LogP contribution in [0.4, 0.5) is 0 Å². The van der Waals surface area contributed by atoms with Crippen LogP contribution >= 0.6 is 46.2 Å². The van der Waals surface area contributed by atoms with Gasteiger partial charge in [-0.05, 0) is 17.0 Å². The molecule has 2 aliphatic rings. The Labute approximate surface area is 212 Å². The number of β-lactam (4-membered cyclic amide) rings is 1. The van der Waals surface area contributed by atoms with Gasteiger partial charge in [0.05, 0.1) is 11.5 Å². The maximum Gasteiger partial charge on any atom is 0.352 e. The van der Waals surface area contributed by atoms with E-state index in [9.17, 15) is 23.7 Å². The number of carbonyl (C=O) groups excluding carboxylic acids is 2. The summed E-state index contributed by atoms with van der Waals surface area (Å²) in [5.74, 6) is -2.26. The number of nitrogens with zero attached hydrogens (tertiary/aromatic N) is 3. The molecule has 2 aromatic rings. The fourth-order valence-electron chi connectivity index (χ4n) is 3.39. The van der Waals surface area contributed by atoms with Crippen molar-refractivity contribution in [2.75, 3.05) is 18.6 Å². The van der Waals surface area contributed by atoms with E-state index in [4.69, 9.17) is 9.84 Å². The molecule has 2 aromatic heterocycles. The van der Waals surface area contributed by atoms with Gasteiger partial charge in [-0.2, -0.15) is 0 Å². The van der Waals surface area contributed by atoms with Gasteiger partial charge >= 0.3 is 5.97 Å². The molecule has 2 atom stereocenters. The summed E-state index contributed by atoms with van der Waals surface area (Å²) in [6.45, 7) is -0.234. The zero-order valence-corrected chi connectivity index (χ0v) is 21.3. The summed E-state index contributed by atoms with van der Waals surface area (Å²) in [4.78, 5) is 39.6. The Balaban J connectivity index is 1.56. The number of methoxy groups -OCH3 is 1. The fourth-order valence-corrected chi connectivity index (χ4v) is 7.90. The van der Waals surface area contributed by atoms with Crippen LogP contribution in [0.2, 0.25) is 0 Å². The number of thioether (sulfide) groups is 2. The standard InChI is InChI=1S/C18H16N4O7S5/c1-29-18(19-13(24)12(34-28)9-3-2-4-30-9)15(27)22-11(14(25)26)8(6-31-16(18)22)7-32-17-21-20-10(5-23)33-17/h2-4,16,23H,5-7H2,1H3,(H,19,24)(H,25,26)/t16-,18+/m1/s1. The van der Waals surface area contributed by atoms with Gasteiger partial charge in [0.15, 0.2) is 4.34 Å². The van der Waals surface area contributed by atoms with Gasteiger partial charge in [0, 0.05) is 18.6 Å². The topological polar surface area (TPSA) is 159 Å². The number of hydrogen-bond acceptors (Lipinski definition) is 12. The zero-order chi connectivity index (χ0) is 24.5. The van der Waals surface area contributed by atoms with E-state index >= 15 is 0 Å². The summed E-state index contributed by atoms with van der Waals surface area (Å²) in [6, 6.07) is 3.31. The van der Waals surface area contributed by atoms with Crippen molar-refractivity contribution in [3.05, 3.63) is 38.7 Å². The second-order valence-electron chi connectivity index (χ2n) is 6.79. The molecule has 0 radical (unpaired) electrons. The van der Waals surface area contributed by atoms with Gasteiger partial charge in [-0.1, -0.05) is 29.2 Å². The van der Waals surface area contributed by atoms with E-state index in [1.54, 1.807) is 17.5 Å². The molecule has 16 heteroatoms. The molecule has 3 N–H and O–H groups in total. The third-order valence-corrected chi connectivity index (χ3v) is 10.0. The summed E-state index contributed by atoms with van der Waals surface area (Å²) < 4.78 is 17.6. The maximum absolute atomic E-state index is 13.2. The lowest BCUT2D eigenvalue weighted by Gasteiger charge is -2.55. The molecule has 1 saturated heterocycles. The number of fused-ring (bicyclic) bond motifs is 1. The third-order valence-electron chi connectivity index (χ3n) is 4.92. The number of thiophene rings is 1. The highest BCUT2D eigenvalue weighted by Crippen LogP contribution is 2.47. The first kappa shape index (κ1) is 25.0. The number of carboxylic acids is 1. The molecule has 34 heavy (non-hydrogen) atoms. The van der Waals surface area contributed by atoms with Crippen molar-refractivity contribution >= 4 is 80.1 Å². The van der Waals surface area contributed by atoms with E-state index in [2.05, 4.69) is 15.5 Å². The van der Waals surface area contributed by atoms with Gasteiger partial charge < -0.3 is 20.3 Å². The largest absolute Gasteiger partial charge is 0.477 e. The summed E-state index contributed by atoms with van der Waals surface area (Å²) in [7, 11) is 1.25. The van der Waals surface area contributed by atoms with Crippen molar-refractivity contribution in [3.63, 3.8) is 0 Å². The summed E-state index contributed by atoms with van der Waals surface area (Å²) in [6.07, 6.45) is 0. The van der Waals surface area contributed by atoms with Crippen molar-refractivity contribution in [1.82, 2.24) is 20.4 Å². The van der Waals surface area contributed by atoms with Crippen molar-refractivity contribution in [2.24, 2.45) is 0 Å². The molecule has 4 rings (SSSR count). The number of hydrogen-bond donors (Lipinski definition) is 3. The number of aliphatic hydroxyl groups excluding tert-OH is 1. The van der Waals surface area contributed by atoms with Gasteiger partial charge in [0.1, 0.15) is 32.2 Å². The van der Waals surface area contributed by atoms with Crippen LogP contribution in [0.25, 0.3) is 0 Å². The van der Waals surface area contributed by atoms with Gasteiger partial charge in [0.2, 0.25) is 0 Å². The Morgan fingerprint density at radius 1 is 1.41 bits per heavy atom. The van der Waals surface area contributed by atoms with E-state index in [-0.39, 0.29) is 39.9 Å². The third kappa shape index (κ3) is 4.34. The number of ether oxygens (including phenoxy) is 1. The first-order chi connectivity index (χ1) is 16.4. The molecule has 4 heterocycles. The Bertz CT molecular complexity index is 1220. The molecule has 180 valence electrons. The monoisotopic (exact) mass is 560 g/mol. The number of carbonyl (C=O) groups is 3. The van der Waals surface area contributed by atoms with Crippen molar-refractivity contribution in [1.29, 1.82) is 0 Å². The quantitative estimate of drug-likeness (QED) is 0.128. The van der Waals surface area contributed by atoms with Gasteiger partial charge in [-0.25, -0.2) is 9.00 Å². The second-order valence-corrected chi connectivity index (χ2v) is 11.7. The predicted octanol–water partition coefficient (Wildman–Crippen LogP) is 0.330. The van der Waals surface area contributed by atoms with E-state index in [1.165, 1.54) is 53.3 Å². The molecular formula is C18H16N4O7S5. The molecule has 1 fully saturated rings. The molecular weight excluding hydrogens is 545 g/mol. The van der Waals surface area contributed by atoms with E-state index in [0.717, 1.165) is 4.90 Å². The van der Waals surface area contributed by atoms with Crippen molar-refractivity contribution in [3.8, 4) is 0 Å². The number of rotatable bonds is 9. The molecule has 2 aliphatic heterocycles. The summed E-state index contributed by atoms with van der Waals surface area (Å²) in [5.41, 5.74) is -1.46. The van der Waals surface area contributed by atoms with E-state index in [0.29, 0.717) is 19.8 Å². The van der Waals surface area contributed by atoms with Gasteiger partial charge in [-0.15, -0.1) is 33.3 Å². The average Bonchev–Trinajstić information content (AvgIpc) is 3.53. The van der Waals surface area contributed by atoms with Crippen LogP contribution in [-0.2, 0) is 37.0 Å². The lowest BCUT2D eigenvalue weighted by molar-refractivity contribution is -0.191. The first-order valence-corrected chi connectivity index (χ1v) is 13.9. The Hall–Kier alpha value is -2.08. The lowest BCUT2D eigenvalue weighted by Crippen LogP contribution is -2.81. The minimum Gasteiger partial charge on any atom is -0.477 e. The fraction of sp³-hybridized carbons (Fsp3) is 0.333. The summed E-state index contributed by atoms with van der Waals surface area (Å²) >= 11 is 4.92. The molecule has 0 spiro atoms. The first-order valence-electron chi connectivity index (χ1n) is 9.41. The highest BCUT2D eigenvalue weighted by atomic mass is 32.2. The molecule has 0 aromatic carbocycles. The second kappa shape index (κ2) is 10.3. The van der Waals surface area contributed by atoms with Crippen LogP contribution in [0, 0.1) is 0 Å². The average molecular weight is 561 g/mol. The predicted molar refractivity (Wildman–Crippen MR) is 129 cm³/mol. The highest BCUT2D eigenvalue weighted by Gasteiger charge is 2.66. The number of nitrogens with one attached hydrogen (secondary N) is 1. The van der Waals surface area contributed by atoms with Crippen LogP contribution in [0.15, 0.2) is 33.1 Å². The smallest absolute Gasteiger partial charge is 0.352 e. The molecule has 0 saturated carbocycles. The molecule has 2 amide bonds. The number of carboxylic acid groups (broad SMARTS) is 1. The zero-order valence-electron chi connectivity index (χ0n) is 17.2. The maximum atomic E-state index is 13.2. The van der Waals surface area contributed by atoms with E-state index < -0.39 is 28.9 Å². The Kier molecular flexibility index (Phi) is 7.56. The van der Waals surface area contributed by atoms with E-state index in [1.807, 2.05) is 0 Å². The number of aliphatic carboxylic acids is 1. The normalized spacial score (nSPS) is 21.6. The molecule has 0 bridgehead atoms. The molecule has 0 unspecified atom stereocenters. The van der Waals surface area contributed by atoms with Crippen molar-refractivity contribution in [2.45, 2.75) is 22.0 Å². The van der Waals surface area contributed by atoms with Crippen LogP contribution in [-0.4, -0.2) is 81.9 Å². The minimum absolute atomic E-state index is 0.0116. The molecule has 0 aliphatic carbocycles. The Morgan fingerprint density at radius 2 is 2.21 bits per heavy atom. The van der Waals surface area contributed by atoms with Crippen LogP contribution in [0.5, 0.6) is 0 Å². The number of amides is 2. The number of aliphatic hydroxyl groups is 1. The van der Waals surface area contributed by atoms with Crippen LogP contribution < -0.4 is 5.32 Å². The summed E-state index contributed by atoms with van der Waals surface area (Å²) in [5, 5.41) is 30.6. The van der Waals surface area contributed by atoms with Crippen LogP contribution in [0.3, 0.4) is 0 Å². The van der Waals surface area contributed by atoms with Crippen molar-refractivity contribution < 1.29 is 33.5 Å². The Morgan fingerprint density at radius 3 is 2.79 bits per heavy atom.